The Hall–Kier alpha value is -1.62. The van der Waals surface area contributed by atoms with Gasteiger partial charge < -0.3 is 15.1 Å². The zero-order chi connectivity index (χ0) is 13.1. The van der Waals surface area contributed by atoms with Crippen LogP contribution in [0.5, 0.6) is 0 Å². The number of pyridine rings is 1. The topological polar surface area (TPSA) is 48.5 Å². The number of aromatic nitrogens is 1. The van der Waals surface area contributed by atoms with Crippen molar-refractivity contribution in [1.29, 1.82) is 0 Å². The van der Waals surface area contributed by atoms with E-state index in [0.717, 1.165) is 25.5 Å². The van der Waals surface area contributed by atoms with Gasteiger partial charge in [-0.1, -0.05) is 0 Å². The molecule has 2 heterocycles. The van der Waals surface area contributed by atoms with E-state index >= 15 is 0 Å². The summed E-state index contributed by atoms with van der Waals surface area (Å²) >= 11 is 0. The molecular weight excluding hydrogens is 228 g/mol. The van der Waals surface area contributed by atoms with Crippen LogP contribution in [-0.2, 0) is 0 Å². The lowest BCUT2D eigenvalue weighted by molar-refractivity contribution is 0.0655. The molecular formula is C13H20N4O. The minimum Gasteiger partial charge on any atom is -0.363 e. The molecule has 0 radical (unpaired) electrons. The molecule has 0 bridgehead atoms. The van der Waals surface area contributed by atoms with Crippen molar-refractivity contribution in [2.75, 3.05) is 38.6 Å². The van der Waals surface area contributed by atoms with Crippen LogP contribution in [0.1, 0.15) is 17.3 Å². The van der Waals surface area contributed by atoms with Crippen LogP contribution in [0.15, 0.2) is 18.3 Å². The molecule has 0 spiro atoms. The normalized spacial score (nSPS) is 19.7. The molecule has 1 aromatic rings. The molecule has 0 aromatic carbocycles. The number of nitrogens with one attached hydrogen (secondary N) is 1. The molecule has 5 heteroatoms. The first kappa shape index (κ1) is 12.8. The highest BCUT2D eigenvalue weighted by Gasteiger charge is 2.24. The molecule has 0 saturated carbocycles. The van der Waals surface area contributed by atoms with Crippen molar-refractivity contribution in [3.63, 3.8) is 0 Å². The summed E-state index contributed by atoms with van der Waals surface area (Å²) in [5.41, 5.74) is 0.711. The van der Waals surface area contributed by atoms with Crippen molar-refractivity contribution in [1.82, 2.24) is 15.2 Å². The predicted molar refractivity (Wildman–Crippen MR) is 71.9 cm³/mol. The van der Waals surface area contributed by atoms with Gasteiger partial charge in [-0.25, -0.2) is 4.98 Å². The number of carbonyl (C=O) groups is 1. The average molecular weight is 248 g/mol. The first-order chi connectivity index (χ1) is 8.59. The first-order valence-corrected chi connectivity index (χ1v) is 6.24. The first-order valence-electron chi connectivity index (χ1n) is 6.24. The fourth-order valence-corrected chi connectivity index (χ4v) is 2.10. The maximum absolute atomic E-state index is 12.4. The largest absolute Gasteiger partial charge is 0.363 e. The fraction of sp³-hybridized carbons (Fsp3) is 0.538. The summed E-state index contributed by atoms with van der Waals surface area (Å²) < 4.78 is 0. The van der Waals surface area contributed by atoms with Gasteiger partial charge in [-0.2, -0.15) is 0 Å². The average Bonchev–Trinajstić information content (AvgIpc) is 2.38. The van der Waals surface area contributed by atoms with Gasteiger partial charge in [0.1, 0.15) is 5.82 Å². The molecule has 1 N–H and O–H groups in total. The van der Waals surface area contributed by atoms with Gasteiger partial charge in [-0.3, -0.25) is 4.79 Å². The molecule has 5 nitrogen and oxygen atoms in total. The molecule has 1 aliphatic heterocycles. The van der Waals surface area contributed by atoms with E-state index in [0.29, 0.717) is 5.56 Å². The van der Waals surface area contributed by atoms with Crippen LogP contribution in [0, 0.1) is 0 Å². The third-order valence-corrected chi connectivity index (χ3v) is 3.21. The summed E-state index contributed by atoms with van der Waals surface area (Å²) in [7, 11) is 3.84. The van der Waals surface area contributed by atoms with Crippen molar-refractivity contribution in [3.05, 3.63) is 23.9 Å². The fourth-order valence-electron chi connectivity index (χ4n) is 2.10. The lowest BCUT2D eigenvalue weighted by Gasteiger charge is -2.34. The maximum Gasteiger partial charge on any atom is 0.254 e. The van der Waals surface area contributed by atoms with Gasteiger partial charge in [0.25, 0.3) is 5.91 Å². The van der Waals surface area contributed by atoms with E-state index in [1.54, 1.807) is 12.3 Å². The van der Waals surface area contributed by atoms with E-state index in [2.05, 4.69) is 17.2 Å². The summed E-state index contributed by atoms with van der Waals surface area (Å²) in [5, 5.41) is 3.29. The number of amides is 1. The van der Waals surface area contributed by atoms with Gasteiger partial charge in [0.05, 0.1) is 0 Å². The van der Waals surface area contributed by atoms with E-state index in [1.165, 1.54) is 0 Å². The molecule has 1 aromatic heterocycles. The van der Waals surface area contributed by atoms with E-state index in [9.17, 15) is 4.79 Å². The molecule has 0 unspecified atom stereocenters. The van der Waals surface area contributed by atoms with Crippen molar-refractivity contribution >= 4 is 11.7 Å². The Morgan fingerprint density at radius 2 is 2.33 bits per heavy atom. The monoisotopic (exact) mass is 248 g/mol. The number of piperazine rings is 1. The van der Waals surface area contributed by atoms with Crippen LogP contribution in [0.2, 0.25) is 0 Å². The Morgan fingerprint density at radius 3 is 3.00 bits per heavy atom. The standard InChI is InChI=1S/C13H20N4O/c1-10-9-14-6-7-17(10)13(18)11-4-5-15-12(8-11)16(2)3/h4-5,8,10,14H,6-7,9H2,1-3H3/t10-/m0/s1. The minimum atomic E-state index is 0.0921. The van der Waals surface area contributed by atoms with Crippen molar-refractivity contribution in [3.8, 4) is 0 Å². The number of rotatable bonds is 2. The van der Waals surface area contributed by atoms with E-state index in [4.69, 9.17) is 0 Å². The molecule has 0 aliphatic carbocycles. The Labute approximate surface area is 108 Å². The van der Waals surface area contributed by atoms with Crippen molar-refractivity contribution in [2.45, 2.75) is 13.0 Å². The molecule has 1 atom stereocenters. The number of carbonyl (C=O) groups excluding carboxylic acids is 1. The Bertz CT molecular complexity index is 433. The highest BCUT2D eigenvalue weighted by molar-refractivity contribution is 5.95. The Kier molecular flexibility index (Phi) is 3.81. The molecule has 1 amide bonds. The summed E-state index contributed by atoms with van der Waals surface area (Å²) in [6.07, 6.45) is 1.69. The van der Waals surface area contributed by atoms with E-state index in [1.807, 2.05) is 30.0 Å². The van der Waals surface area contributed by atoms with E-state index in [-0.39, 0.29) is 11.9 Å². The molecule has 1 aliphatic rings. The summed E-state index contributed by atoms with van der Waals surface area (Å²) in [5.74, 6) is 0.901. The minimum absolute atomic E-state index is 0.0921. The van der Waals surface area contributed by atoms with Crippen LogP contribution in [0.4, 0.5) is 5.82 Å². The van der Waals surface area contributed by atoms with Crippen LogP contribution in [0.3, 0.4) is 0 Å². The Morgan fingerprint density at radius 1 is 1.56 bits per heavy atom. The maximum atomic E-state index is 12.4. The van der Waals surface area contributed by atoms with Crippen LogP contribution >= 0.6 is 0 Å². The van der Waals surface area contributed by atoms with Crippen molar-refractivity contribution in [2.24, 2.45) is 0 Å². The third-order valence-electron chi connectivity index (χ3n) is 3.21. The second-order valence-electron chi connectivity index (χ2n) is 4.85. The smallest absolute Gasteiger partial charge is 0.254 e. The molecule has 1 saturated heterocycles. The third kappa shape index (κ3) is 2.61. The Balaban J connectivity index is 2.19. The van der Waals surface area contributed by atoms with Crippen LogP contribution < -0.4 is 10.2 Å². The quantitative estimate of drug-likeness (QED) is 0.832. The van der Waals surface area contributed by atoms with Gasteiger partial charge in [0, 0.05) is 51.5 Å². The van der Waals surface area contributed by atoms with Crippen molar-refractivity contribution < 1.29 is 4.79 Å². The number of hydrogen-bond acceptors (Lipinski definition) is 4. The zero-order valence-corrected chi connectivity index (χ0v) is 11.2. The lowest BCUT2D eigenvalue weighted by Crippen LogP contribution is -2.52. The molecule has 98 valence electrons. The SMILES string of the molecule is C[C@H]1CNCCN1C(=O)c1ccnc(N(C)C)c1. The van der Waals surface area contributed by atoms with Gasteiger partial charge >= 0.3 is 0 Å². The predicted octanol–water partition coefficient (Wildman–Crippen LogP) is 0.581. The number of anilines is 1. The summed E-state index contributed by atoms with van der Waals surface area (Å²) in [4.78, 5) is 20.5. The molecule has 18 heavy (non-hydrogen) atoms. The highest BCUT2D eigenvalue weighted by atomic mass is 16.2. The van der Waals surface area contributed by atoms with Crippen LogP contribution in [-0.4, -0.2) is 55.6 Å². The summed E-state index contributed by atoms with van der Waals surface area (Å²) in [6.45, 7) is 4.55. The summed E-state index contributed by atoms with van der Waals surface area (Å²) in [6, 6.07) is 3.86. The van der Waals surface area contributed by atoms with Gasteiger partial charge in [0.15, 0.2) is 0 Å². The number of nitrogens with zero attached hydrogens (tertiary/aromatic N) is 3. The van der Waals surface area contributed by atoms with Gasteiger partial charge in [0.2, 0.25) is 0 Å². The second kappa shape index (κ2) is 5.35. The lowest BCUT2D eigenvalue weighted by atomic mass is 10.1. The highest BCUT2D eigenvalue weighted by Crippen LogP contribution is 2.14. The molecule has 1 fully saturated rings. The van der Waals surface area contributed by atoms with E-state index < -0.39 is 0 Å². The van der Waals surface area contributed by atoms with Gasteiger partial charge in [-0.15, -0.1) is 0 Å². The zero-order valence-electron chi connectivity index (χ0n) is 11.2. The van der Waals surface area contributed by atoms with Gasteiger partial charge in [-0.05, 0) is 19.1 Å². The molecule has 2 rings (SSSR count). The number of hydrogen-bond donors (Lipinski definition) is 1. The van der Waals surface area contributed by atoms with Crippen LogP contribution in [0.25, 0.3) is 0 Å². The second-order valence-corrected chi connectivity index (χ2v) is 4.85.